The number of amidine groups is 1. The summed E-state index contributed by atoms with van der Waals surface area (Å²) in [6.07, 6.45) is 4.38. The summed E-state index contributed by atoms with van der Waals surface area (Å²) in [7, 11) is -7.97. The minimum absolute atomic E-state index is 0.0528. The van der Waals surface area contributed by atoms with E-state index in [0.29, 0.717) is 5.56 Å². The van der Waals surface area contributed by atoms with Gasteiger partial charge in [0.25, 0.3) is 15.9 Å². The summed E-state index contributed by atoms with van der Waals surface area (Å²) in [6.45, 7) is -0.319. The number of benzene rings is 1. The Hall–Kier alpha value is -2.88. The van der Waals surface area contributed by atoms with Crippen LogP contribution in [0.15, 0.2) is 44.2 Å². The minimum Gasteiger partial charge on any atom is -0.511 e. The predicted octanol–water partition coefficient (Wildman–Crippen LogP) is 3.25. The van der Waals surface area contributed by atoms with Crippen molar-refractivity contribution in [1.82, 2.24) is 9.62 Å². The largest absolute Gasteiger partial charge is 0.511 e. The molecule has 3 aliphatic carbocycles. The minimum atomic E-state index is -4.38. The van der Waals surface area contributed by atoms with Crippen molar-refractivity contribution in [3.63, 3.8) is 0 Å². The molecule has 2 aromatic rings. The Balaban J connectivity index is 1.41. The number of nitrogens with one attached hydrogen (secondary N) is 2. The molecule has 2 atom stereocenters. The molecule has 1 aromatic heterocycles. The molecule has 2 bridgehead atoms. The van der Waals surface area contributed by atoms with Crippen molar-refractivity contribution in [1.29, 1.82) is 0 Å². The van der Waals surface area contributed by atoms with Crippen LogP contribution in [0.25, 0.3) is 0 Å². The highest BCUT2D eigenvalue weighted by molar-refractivity contribution is 7.91. The number of sulfonamides is 2. The highest BCUT2D eigenvalue weighted by Crippen LogP contribution is 2.52. The van der Waals surface area contributed by atoms with E-state index < -0.39 is 43.5 Å². The maximum absolute atomic E-state index is 14.0. The molecule has 1 aromatic carbocycles. The number of amides is 1. The summed E-state index contributed by atoms with van der Waals surface area (Å²) < 4.78 is 83.4. The molecule has 7 rings (SSSR count). The number of nitrogens with zero attached hydrogens (tertiary/aromatic N) is 2. The lowest BCUT2D eigenvalue weighted by atomic mass is 9.59. The first-order chi connectivity index (χ1) is 18.8. The van der Waals surface area contributed by atoms with Crippen LogP contribution in [0.4, 0.5) is 13.8 Å². The van der Waals surface area contributed by atoms with Crippen LogP contribution in [0.5, 0.6) is 0 Å². The first-order valence-electron chi connectivity index (χ1n) is 12.7. The Kier molecular flexibility index (Phi) is 6.55. The van der Waals surface area contributed by atoms with Gasteiger partial charge in [-0.1, -0.05) is 6.07 Å². The Morgan fingerprint density at radius 1 is 1.18 bits per heavy atom. The molecule has 0 spiro atoms. The van der Waals surface area contributed by atoms with Gasteiger partial charge in [-0.05, 0) is 60.6 Å². The van der Waals surface area contributed by atoms with Gasteiger partial charge in [-0.2, -0.15) is 8.42 Å². The average Bonchev–Trinajstić information content (AvgIpc) is 3.31. The standard InChI is InChI=1S/C25H26F2N4O6S3/c1-39(34,35)28-9-15-11-38-24-22(15)40(36,37)30-23(29-24)19-21(32)18-13-3-5-14(6-4-13)20(18)31(25(19)33)10-12-2-7-16(26)17(27)8-12/h2,7-8,11,13-14,18,20,28,32H,3-6,9-10H2,1H3,(H,29,30)/t13?,14?,18-,20+/m1/s1. The zero-order valence-corrected chi connectivity index (χ0v) is 23.7. The van der Waals surface area contributed by atoms with E-state index in [1.54, 1.807) is 0 Å². The number of halogens is 2. The van der Waals surface area contributed by atoms with Gasteiger partial charge in [0.2, 0.25) is 10.0 Å². The lowest BCUT2D eigenvalue weighted by molar-refractivity contribution is -0.140. The van der Waals surface area contributed by atoms with Gasteiger partial charge in [-0.25, -0.2) is 21.9 Å². The second-order valence-corrected chi connectivity index (χ2v) is 14.9. The van der Waals surface area contributed by atoms with Crippen molar-refractivity contribution >= 4 is 48.1 Å². The van der Waals surface area contributed by atoms with Crippen molar-refractivity contribution < 1.29 is 35.5 Å². The molecule has 2 aliphatic heterocycles. The summed E-state index contributed by atoms with van der Waals surface area (Å²) in [6, 6.07) is 3.04. The summed E-state index contributed by atoms with van der Waals surface area (Å²) in [5.41, 5.74) is 0.288. The molecule has 3 saturated carbocycles. The maximum Gasteiger partial charge on any atom is 0.287 e. The molecule has 0 unspecified atom stereocenters. The zero-order valence-electron chi connectivity index (χ0n) is 21.2. The number of aliphatic hydroxyl groups is 1. The van der Waals surface area contributed by atoms with E-state index in [1.165, 1.54) is 16.3 Å². The van der Waals surface area contributed by atoms with Crippen molar-refractivity contribution in [3.8, 4) is 0 Å². The smallest absolute Gasteiger partial charge is 0.287 e. The highest BCUT2D eigenvalue weighted by atomic mass is 32.2. The van der Waals surface area contributed by atoms with Crippen molar-refractivity contribution in [2.75, 3.05) is 11.6 Å². The van der Waals surface area contributed by atoms with Crippen molar-refractivity contribution in [2.45, 2.75) is 49.7 Å². The summed E-state index contributed by atoms with van der Waals surface area (Å²) in [5.74, 6) is -3.53. The molecule has 10 nitrogen and oxygen atoms in total. The molecule has 40 heavy (non-hydrogen) atoms. The number of thiophene rings is 1. The van der Waals surface area contributed by atoms with Gasteiger partial charge in [-0.3, -0.25) is 4.79 Å². The second kappa shape index (κ2) is 9.60. The van der Waals surface area contributed by atoms with Crippen LogP contribution in [0.2, 0.25) is 0 Å². The Morgan fingerprint density at radius 3 is 2.55 bits per heavy atom. The normalized spacial score (nSPS) is 27.2. The number of hydrogen-bond acceptors (Lipinski definition) is 8. The fourth-order valence-electron chi connectivity index (χ4n) is 6.53. The van der Waals surface area contributed by atoms with Crippen LogP contribution >= 0.6 is 11.3 Å². The SMILES string of the molecule is CS(=O)(=O)NCc1csc2c1S(=O)(=O)N=C(C1=C(O)[C@@H]3C4CCC(CC4)[C@@H]3N(Cc3ccc(F)c(F)c3)C1=O)N2. The molecule has 0 radical (unpaired) electrons. The van der Waals surface area contributed by atoms with Crippen LogP contribution < -0.4 is 10.0 Å². The van der Waals surface area contributed by atoms with Crippen molar-refractivity contribution in [2.24, 2.45) is 22.2 Å². The molecule has 3 N–H and O–H groups in total. The number of carbonyl (C=O) groups excluding carboxylic acids is 1. The third kappa shape index (κ3) is 4.62. The van der Waals surface area contributed by atoms with Crippen LogP contribution in [0.1, 0.15) is 36.8 Å². The highest BCUT2D eigenvalue weighted by Gasteiger charge is 2.54. The van der Waals surface area contributed by atoms with Gasteiger partial charge < -0.3 is 15.3 Å². The van der Waals surface area contributed by atoms with Gasteiger partial charge in [0.15, 0.2) is 17.5 Å². The summed E-state index contributed by atoms with van der Waals surface area (Å²) in [4.78, 5) is 15.3. The molecule has 15 heteroatoms. The second-order valence-electron chi connectivity index (χ2n) is 10.7. The molecule has 3 heterocycles. The number of hydrogen-bond donors (Lipinski definition) is 3. The molecular formula is C25H26F2N4O6S3. The van der Waals surface area contributed by atoms with Gasteiger partial charge in [0.05, 0.1) is 6.26 Å². The number of fused-ring (bicyclic) bond motifs is 3. The predicted molar refractivity (Wildman–Crippen MR) is 144 cm³/mol. The number of carbonyl (C=O) groups is 1. The van der Waals surface area contributed by atoms with Crippen LogP contribution in [-0.2, 0) is 37.9 Å². The zero-order chi connectivity index (χ0) is 28.6. The average molecular weight is 613 g/mol. The Labute approximate surface area is 233 Å². The van der Waals surface area contributed by atoms with E-state index >= 15 is 0 Å². The number of aliphatic hydroxyl groups excluding tert-OH is 1. The summed E-state index contributed by atoms with van der Waals surface area (Å²) >= 11 is 1.00. The lowest BCUT2D eigenvalue weighted by Crippen LogP contribution is -2.60. The van der Waals surface area contributed by atoms with Crippen LogP contribution in [0, 0.1) is 29.4 Å². The van der Waals surface area contributed by atoms with E-state index in [0.717, 1.165) is 55.4 Å². The third-order valence-corrected chi connectivity index (χ3v) is 11.3. The quantitative estimate of drug-likeness (QED) is 0.454. The van der Waals surface area contributed by atoms with Gasteiger partial charge in [0, 0.05) is 30.6 Å². The van der Waals surface area contributed by atoms with Crippen LogP contribution in [0.3, 0.4) is 0 Å². The molecule has 214 valence electrons. The Morgan fingerprint density at radius 2 is 1.88 bits per heavy atom. The lowest BCUT2D eigenvalue weighted by Gasteiger charge is -2.54. The number of rotatable bonds is 6. The molecule has 5 aliphatic rings. The van der Waals surface area contributed by atoms with E-state index in [9.17, 15) is 35.5 Å². The summed E-state index contributed by atoms with van der Waals surface area (Å²) in [5, 5.41) is 16.0. The Bertz CT molecular complexity index is 1690. The fraction of sp³-hybridized carbons (Fsp3) is 0.440. The molecule has 3 fully saturated rings. The third-order valence-electron chi connectivity index (χ3n) is 8.20. The van der Waals surface area contributed by atoms with E-state index in [-0.39, 0.29) is 63.6 Å². The maximum atomic E-state index is 14.0. The van der Waals surface area contributed by atoms with E-state index in [4.69, 9.17) is 0 Å². The van der Waals surface area contributed by atoms with E-state index in [1.807, 2.05) is 0 Å². The number of anilines is 1. The first kappa shape index (κ1) is 27.3. The van der Waals surface area contributed by atoms with Gasteiger partial charge >= 0.3 is 0 Å². The fourth-order valence-corrected chi connectivity index (χ4v) is 9.55. The van der Waals surface area contributed by atoms with E-state index in [2.05, 4.69) is 14.4 Å². The monoisotopic (exact) mass is 612 g/mol. The topological polar surface area (TPSA) is 145 Å². The molecular weight excluding hydrogens is 586 g/mol. The molecule has 0 saturated heterocycles. The van der Waals surface area contributed by atoms with Gasteiger partial charge in [-0.15, -0.1) is 15.7 Å². The van der Waals surface area contributed by atoms with Crippen LogP contribution in [-0.4, -0.2) is 50.9 Å². The van der Waals surface area contributed by atoms with Crippen molar-refractivity contribution in [3.05, 3.63) is 57.7 Å². The first-order valence-corrected chi connectivity index (χ1v) is 16.9. The molecule has 1 amide bonds. The van der Waals surface area contributed by atoms with Gasteiger partial charge in [0.1, 0.15) is 21.2 Å².